The van der Waals surface area contributed by atoms with Crippen LogP contribution < -0.4 is 4.74 Å². The second-order valence-corrected chi connectivity index (χ2v) is 3.57. The minimum Gasteiger partial charge on any atom is -0.496 e. The molecule has 1 aromatic carbocycles. The molecular formula is C12H14O4. The number of carbonyl (C=O) groups is 2. The highest BCUT2D eigenvalue weighted by molar-refractivity contribution is 6.00. The highest BCUT2D eigenvalue weighted by atomic mass is 16.5. The molecule has 86 valence electrons. The molecule has 0 aliphatic carbocycles. The summed E-state index contributed by atoms with van der Waals surface area (Å²) in [6.07, 6.45) is -0.0181. The van der Waals surface area contributed by atoms with Gasteiger partial charge >= 0.3 is 5.97 Å². The van der Waals surface area contributed by atoms with E-state index in [-0.39, 0.29) is 12.2 Å². The standard InChI is InChI=1S/C12H14O4/c1-8(12(14)15)7-10(13)9-5-3-4-6-11(9)16-2/h3-6,8H,7H2,1-2H3,(H,14,15)/t8-/m0/s1. The zero-order valence-corrected chi connectivity index (χ0v) is 9.27. The van der Waals surface area contributed by atoms with Crippen LogP contribution in [0.1, 0.15) is 23.7 Å². The second kappa shape index (κ2) is 5.30. The SMILES string of the molecule is COc1ccccc1C(=O)C[C@H](C)C(=O)O. The van der Waals surface area contributed by atoms with Gasteiger partial charge in [-0.1, -0.05) is 19.1 Å². The fourth-order valence-electron chi connectivity index (χ4n) is 1.35. The Hall–Kier alpha value is -1.84. The van der Waals surface area contributed by atoms with E-state index >= 15 is 0 Å². The van der Waals surface area contributed by atoms with Gasteiger partial charge in [0.2, 0.25) is 0 Å². The van der Waals surface area contributed by atoms with E-state index in [0.717, 1.165) is 0 Å². The van der Waals surface area contributed by atoms with Crippen molar-refractivity contribution in [3.63, 3.8) is 0 Å². The lowest BCUT2D eigenvalue weighted by atomic mass is 9.99. The van der Waals surface area contributed by atoms with Gasteiger partial charge in [-0.25, -0.2) is 0 Å². The molecule has 4 nitrogen and oxygen atoms in total. The topological polar surface area (TPSA) is 63.6 Å². The number of para-hydroxylation sites is 1. The minimum absolute atomic E-state index is 0.0181. The summed E-state index contributed by atoms with van der Waals surface area (Å²) < 4.78 is 5.04. The summed E-state index contributed by atoms with van der Waals surface area (Å²) in [5.41, 5.74) is 0.429. The fraction of sp³-hybridized carbons (Fsp3) is 0.333. The zero-order chi connectivity index (χ0) is 12.1. The van der Waals surface area contributed by atoms with Crippen molar-refractivity contribution in [3.05, 3.63) is 29.8 Å². The first kappa shape index (κ1) is 12.2. The number of rotatable bonds is 5. The van der Waals surface area contributed by atoms with Gasteiger partial charge in [0.1, 0.15) is 5.75 Å². The molecule has 1 atom stereocenters. The average molecular weight is 222 g/mol. The Morgan fingerprint density at radius 3 is 2.56 bits per heavy atom. The lowest BCUT2D eigenvalue weighted by Gasteiger charge is -2.08. The van der Waals surface area contributed by atoms with Crippen molar-refractivity contribution in [2.45, 2.75) is 13.3 Å². The Labute approximate surface area is 93.9 Å². The molecule has 0 radical (unpaired) electrons. The van der Waals surface area contributed by atoms with E-state index < -0.39 is 11.9 Å². The molecule has 1 N–H and O–H groups in total. The number of carboxylic acid groups (broad SMARTS) is 1. The summed E-state index contributed by atoms with van der Waals surface area (Å²) in [4.78, 5) is 22.4. The summed E-state index contributed by atoms with van der Waals surface area (Å²) in [6, 6.07) is 6.80. The van der Waals surface area contributed by atoms with E-state index in [0.29, 0.717) is 11.3 Å². The molecule has 1 aromatic rings. The maximum absolute atomic E-state index is 11.8. The number of hydrogen-bond acceptors (Lipinski definition) is 3. The number of carbonyl (C=O) groups excluding carboxylic acids is 1. The molecular weight excluding hydrogens is 208 g/mol. The quantitative estimate of drug-likeness (QED) is 0.774. The molecule has 16 heavy (non-hydrogen) atoms. The molecule has 0 aromatic heterocycles. The van der Waals surface area contributed by atoms with Crippen LogP contribution in [0.4, 0.5) is 0 Å². The first-order valence-electron chi connectivity index (χ1n) is 4.95. The zero-order valence-electron chi connectivity index (χ0n) is 9.27. The van der Waals surface area contributed by atoms with Gasteiger partial charge in [0.15, 0.2) is 5.78 Å². The van der Waals surface area contributed by atoms with Crippen LogP contribution >= 0.6 is 0 Å². The molecule has 0 spiro atoms. The molecule has 0 bridgehead atoms. The summed E-state index contributed by atoms with van der Waals surface area (Å²) >= 11 is 0. The third-order valence-electron chi connectivity index (χ3n) is 2.32. The Kier molecular flexibility index (Phi) is 4.05. The van der Waals surface area contributed by atoms with Gasteiger partial charge in [-0.3, -0.25) is 9.59 Å². The highest BCUT2D eigenvalue weighted by Crippen LogP contribution is 2.20. The number of methoxy groups -OCH3 is 1. The maximum Gasteiger partial charge on any atom is 0.306 e. The van der Waals surface area contributed by atoms with Crippen molar-refractivity contribution in [1.29, 1.82) is 0 Å². The van der Waals surface area contributed by atoms with Crippen LogP contribution in [0.2, 0.25) is 0 Å². The van der Waals surface area contributed by atoms with Crippen molar-refractivity contribution in [2.24, 2.45) is 5.92 Å². The molecule has 0 saturated carbocycles. The van der Waals surface area contributed by atoms with E-state index in [1.165, 1.54) is 14.0 Å². The van der Waals surface area contributed by atoms with Crippen LogP contribution in [0.3, 0.4) is 0 Å². The van der Waals surface area contributed by atoms with Gasteiger partial charge in [-0.15, -0.1) is 0 Å². The van der Waals surface area contributed by atoms with Crippen molar-refractivity contribution >= 4 is 11.8 Å². The number of benzene rings is 1. The van der Waals surface area contributed by atoms with Crippen molar-refractivity contribution in [2.75, 3.05) is 7.11 Å². The summed E-state index contributed by atoms with van der Waals surface area (Å²) in [5.74, 6) is -1.39. The van der Waals surface area contributed by atoms with Crippen molar-refractivity contribution in [3.8, 4) is 5.75 Å². The second-order valence-electron chi connectivity index (χ2n) is 3.57. The molecule has 0 aliphatic rings. The first-order chi connectivity index (χ1) is 7.56. The monoisotopic (exact) mass is 222 g/mol. The lowest BCUT2D eigenvalue weighted by Crippen LogP contribution is -2.15. The average Bonchev–Trinajstić information content (AvgIpc) is 2.28. The molecule has 0 saturated heterocycles. The summed E-state index contributed by atoms with van der Waals surface area (Å²) in [7, 11) is 1.48. The van der Waals surface area contributed by atoms with Crippen molar-refractivity contribution in [1.82, 2.24) is 0 Å². The Morgan fingerprint density at radius 2 is 2.00 bits per heavy atom. The molecule has 0 aliphatic heterocycles. The van der Waals surface area contributed by atoms with Gasteiger partial charge < -0.3 is 9.84 Å². The number of ether oxygens (including phenoxy) is 1. The first-order valence-corrected chi connectivity index (χ1v) is 4.95. The minimum atomic E-state index is -0.969. The van der Waals surface area contributed by atoms with Gasteiger partial charge in [-0.05, 0) is 12.1 Å². The van der Waals surface area contributed by atoms with E-state index in [9.17, 15) is 9.59 Å². The van der Waals surface area contributed by atoms with Crippen LogP contribution in [-0.4, -0.2) is 24.0 Å². The summed E-state index contributed by atoms with van der Waals surface area (Å²) in [5, 5.41) is 8.72. The fourth-order valence-corrected chi connectivity index (χ4v) is 1.35. The largest absolute Gasteiger partial charge is 0.496 e. The molecule has 4 heteroatoms. The number of aliphatic carboxylic acids is 1. The summed E-state index contributed by atoms with van der Waals surface area (Å²) in [6.45, 7) is 1.51. The van der Waals surface area contributed by atoms with Crippen LogP contribution in [0.5, 0.6) is 5.75 Å². The number of carboxylic acids is 1. The Balaban J connectivity index is 2.84. The Bertz CT molecular complexity index is 398. The van der Waals surface area contributed by atoms with E-state index in [1.54, 1.807) is 24.3 Å². The normalized spacial score (nSPS) is 11.9. The molecule has 1 rings (SSSR count). The maximum atomic E-state index is 11.8. The number of Topliss-reactive ketones (excluding diaryl/α,β-unsaturated/α-hetero) is 1. The van der Waals surface area contributed by atoms with Crippen LogP contribution in [0.25, 0.3) is 0 Å². The predicted molar refractivity (Wildman–Crippen MR) is 58.7 cm³/mol. The van der Waals surface area contributed by atoms with E-state index in [2.05, 4.69) is 0 Å². The Morgan fingerprint density at radius 1 is 1.38 bits per heavy atom. The molecule has 0 heterocycles. The van der Waals surface area contributed by atoms with Crippen LogP contribution in [0, 0.1) is 5.92 Å². The van der Waals surface area contributed by atoms with Crippen molar-refractivity contribution < 1.29 is 19.4 Å². The van der Waals surface area contributed by atoms with Gasteiger partial charge in [0.25, 0.3) is 0 Å². The third-order valence-corrected chi connectivity index (χ3v) is 2.32. The number of hydrogen-bond donors (Lipinski definition) is 1. The number of ketones is 1. The third kappa shape index (κ3) is 2.82. The molecule has 0 fully saturated rings. The highest BCUT2D eigenvalue weighted by Gasteiger charge is 2.19. The van der Waals surface area contributed by atoms with Gasteiger partial charge in [-0.2, -0.15) is 0 Å². The van der Waals surface area contributed by atoms with Gasteiger partial charge in [0, 0.05) is 6.42 Å². The van der Waals surface area contributed by atoms with Crippen LogP contribution in [-0.2, 0) is 4.79 Å². The van der Waals surface area contributed by atoms with Crippen LogP contribution in [0.15, 0.2) is 24.3 Å². The molecule has 0 unspecified atom stereocenters. The molecule has 0 amide bonds. The van der Waals surface area contributed by atoms with Gasteiger partial charge in [0.05, 0.1) is 18.6 Å². The van der Waals surface area contributed by atoms with E-state index in [4.69, 9.17) is 9.84 Å². The lowest BCUT2D eigenvalue weighted by molar-refractivity contribution is -0.141. The van der Waals surface area contributed by atoms with E-state index in [1.807, 2.05) is 0 Å². The predicted octanol–water partition coefficient (Wildman–Crippen LogP) is 1.99. The smallest absolute Gasteiger partial charge is 0.306 e.